The average Bonchev–Trinajstić information content (AvgIpc) is 2.97. The molecule has 0 bridgehead atoms. The number of carboxylic acids is 1. The number of carbonyl (C=O) groups excluding carboxylic acids is 1. The predicted molar refractivity (Wildman–Crippen MR) is 81.2 cm³/mol. The van der Waals surface area contributed by atoms with Crippen LogP contribution in [0.4, 0.5) is 5.69 Å². The fraction of sp³-hybridized carbons (Fsp3) is 0.250. The number of furan rings is 1. The molecule has 1 amide bonds. The highest BCUT2D eigenvalue weighted by Gasteiger charge is 2.15. The van der Waals surface area contributed by atoms with Crippen LogP contribution in [0.5, 0.6) is 5.75 Å². The number of hydrogen-bond donors (Lipinski definition) is 2. The van der Waals surface area contributed by atoms with Gasteiger partial charge in [-0.1, -0.05) is 6.92 Å². The van der Waals surface area contributed by atoms with Crippen LogP contribution in [0.25, 0.3) is 11.3 Å². The lowest BCUT2D eigenvalue weighted by Crippen LogP contribution is -2.10. The molecule has 0 saturated carbocycles. The van der Waals surface area contributed by atoms with Gasteiger partial charge in [0, 0.05) is 12.1 Å². The van der Waals surface area contributed by atoms with E-state index in [0.717, 1.165) is 6.42 Å². The van der Waals surface area contributed by atoms with Gasteiger partial charge in [-0.3, -0.25) is 4.79 Å². The molecule has 0 atom stereocenters. The largest absolute Gasteiger partial charge is 0.496 e. The molecule has 2 rings (SSSR count). The minimum Gasteiger partial charge on any atom is -0.496 e. The standard InChI is InChI=1S/C16H17NO5/c1-3-4-15(18)17-10-5-6-12(21-2)11(9-10)13-7-8-14(22-13)16(19)20/h5-9H,3-4H2,1-2H3,(H,17,18)(H,19,20). The van der Waals surface area contributed by atoms with Crippen molar-refractivity contribution in [1.82, 2.24) is 0 Å². The van der Waals surface area contributed by atoms with Gasteiger partial charge in [0.1, 0.15) is 11.5 Å². The first-order chi connectivity index (χ1) is 10.5. The molecule has 0 spiro atoms. The molecular formula is C16H17NO5. The Hall–Kier alpha value is -2.76. The third-order valence-electron chi connectivity index (χ3n) is 3.04. The Bertz CT molecular complexity index is 690. The highest BCUT2D eigenvalue weighted by molar-refractivity contribution is 5.92. The molecule has 2 aromatic rings. The van der Waals surface area contributed by atoms with Gasteiger partial charge in [-0.2, -0.15) is 0 Å². The molecule has 0 fully saturated rings. The molecule has 1 heterocycles. The molecule has 0 saturated heterocycles. The Morgan fingerprint density at radius 3 is 2.64 bits per heavy atom. The molecule has 0 aliphatic carbocycles. The Morgan fingerprint density at radius 1 is 1.27 bits per heavy atom. The van der Waals surface area contributed by atoms with E-state index < -0.39 is 5.97 Å². The van der Waals surface area contributed by atoms with Crippen molar-refractivity contribution in [2.75, 3.05) is 12.4 Å². The fourth-order valence-electron chi connectivity index (χ4n) is 2.03. The summed E-state index contributed by atoms with van der Waals surface area (Å²) in [7, 11) is 1.51. The Kier molecular flexibility index (Phi) is 4.83. The second-order valence-corrected chi connectivity index (χ2v) is 4.68. The van der Waals surface area contributed by atoms with Crippen molar-refractivity contribution in [3.8, 4) is 17.1 Å². The van der Waals surface area contributed by atoms with Crippen molar-refractivity contribution >= 4 is 17.6 Å². The number of ether oxygens (including phenoxy) is 1. The second-order valence-electron chi connectivity index (χ2n) is 4.68. The van der Waals surface area contributed by atoms with Crippen molar-refractivity contribution in [3.63, 3.8) is 0 Å². The molecule has 6 nitrogen and oxygen atoms in total. The lowest BCUT2D eigenvalue weighted by atomic mass is 10.1. The summed E-state index contributed by atoms with van der Waals surface area (Å²) in [5, 5.41) is 11.7. The van der Waals surface area contributed by atoms with Crippen LogP contribution in [-0.4, -0.2) is 24.1 Å². The lowest BCUT2D eigenvalue weighted by Gasteiger charge is -2.10. The zero-order valence-electron chi connectivity index (χ0n) is 12.4. The van der Waals surface area contributed by atoms with E-state index >= 15 is 0 Å². The van der Waals surface area contributed by atoms with Gasteiger partial charge in [0.25, 0.3) is 0 Å². The van der Waals surface area contributed by atoms with Crippen LogP contribution in [0.3, 0.4) is 0 Å². The maximum absolute atomic E-state index is 11.7. The summed E-state index contributed by atoms with van der Waals surface area (Å²) in [4.78, 5) is 22.6. The van der Waals surface area contributed by atoms with Crippen LogP contribution in [0.15, 0.2) is 34.7 Å². The van der Waals surface area contributed by atoms with Gasteiger partial charge in [-0.05, 0) is 36.8 Å². The molecule has 0 aliphatic rings. The summed E-state index contributed by atoms with van der Waals surface area (Å²) in [6.07, 6.45) is 1.19. The lowest BCUT2D eigenvalue weighted by molar-refractivity contribution is -0.116. The monoisotopic (exact) mass is 303 g/mol. The van der Waals surface area contributed by atoms with Gasteiger partial charge in [0.15, 0.2) is 0 Å². The van der Waals surface area contributed by atoms with E-state index in [4.69, 9.17) is 14.3 Å². The average molecular weight is 303 g/mol. The van der Waals surface area contributed by atoms with Gasteiger partial charge in [-0.25, -0.2) is 4.79 Å². The van der Waals surface area contributed by atoms with Crippen LogP contribution < -0.4 is 10.1 Å². The molecule has 6 heteroatoms. The highest BCUT2D eigenvalue weighted by Crippen LogP contribution is 2.33. The number of rotatable bonds is 6. The van der Waals surface area contributed by atoms with Gasteiger partial charge in [-0.15, -0.1) is 0 Å². The molecule has 1 aromatic heterocycles. The minimum atomic E-state index is -1.14. The molecule has 0 aliphatic heterocycles. The van der Waals surface area contributed by atoms with Gasteiger partial charge < -0.3 is 19.6 Å². The van der Waals surface area contributed by atoms with E-state index in [-0.39, 0.29) is 11.7 Å². The topological polar surface area (TPSA) is 88.8 Å². The number of methoxy groups -OCH3 is 1. The third-order valence-corrected chi connectivity index (χ3v) is 3.04. The molecule has 1 aromatic carbocycles. The van der Waals surface area contributed by atoms with Crippen molar-refractivity contribution in [2.24, 2.45) is 0 Å². The smallest absolute Gasteiger partial charge is 0.371 e. The molecule has 0 unspecified atom stereocenters. The second kappa shape index (κ2) is 6.80. The first kappa shape index (κ1) is 15.6. The predicted octanol–water partition coefficient (Wildman–Crippen LogP) is 3.39. The first-order valence-electron chi connectivity index (χ1n) is 6.86. The van der Waals surface area contributed by atoms with Crippen molar-refractivity contribution < 1.29 is 23.8 Å². The van der Waals surface area contributed by atoms with E-state index in [9.17, 15) is 9.59 Å². The van der Waals surface area contributed by atoms with E-state index in [1.807, 2.05) is 6.92 Å². The molecule has 22 heavy (non-hydrogen) atoms. The summed E-state index contributed by atoms with van der Waals surface area (Å²) < 4.78 is 10.5. The van der Waals surface area contributed by atoms with Crippen LogP contribution in [0.2, 0.25) is 0 Å². The summed E-state index contributed by atoms with van der Waals surface area (Å²) in [5.74, 6) is -0.486. The summed E-state index contributed by atoms with van der Waals surface area (Å²) in [6.45, 7) is 1.93. The van der Waals surface area contributed by atoms with Gasteiger partial charge >= 0.3 is 5.97 Å². The minimum absolute atomic E-state index is 0.0794. The quantitative estimate of drug-likeness (QED) is 0.853. The highest BCUT2D eigenvalue weighted by atomic mass is 16.5. The van der Waals surface area contributed by atoms with Crippen LogP contribution in [0, 0.1) is 0 Å². The number of anilines is 1. The number of carboxylic acid groups (broad SMARTS) is 1. The van der Waals surface area contributed by atoms with E-state index in [1.165, 1.54) is 13.2 Å². The van der Waals surface area contributed by atoms with Gasteiger partial charge in [0.05, 0.1) is 12.7 Å². The van der Waals surface area contributed by atoms with Crippen LogP contribution in [-0.2, 0) is 4.79 Å². The van der Waals surface area contributed by atoms with E-state index in [0.29, 0.717) is 29.2 Å². The maximum Gasteiger partial charge on any atom is 0.371 e. The maximum atomic E-state index is 11.7. The number of benzene rings is 1. The van der Waals surface area contributed by atoms with Gasteiger partial charge in [0.2, 0.25) is 11.7 Å². The summed E-state index contributed by atoms with van der Waals surface area (Å²) in [5.41, 5.74) is 1.17. The van der Waals surface area contributed by atoms with Crippen molar-refractivity contribution in [3.05, 3.63) is 36.1 Å². The Morgan fingerprint density at radius 2 is 2.05 bits per heavy atom. The van der Waals surface area contributed by atoms with Crippen molar-refractivity contribution in [1.29, 1.82) is 0 Å². The molecular weight excluding hydrogens is 286 g/mol. The molecule has 116 valence electrons. The number of amides is 1. The number of hydrogen-bond acceptors (Lipinski definition) is 4. The van der Waals surface area contributed by atoms with E-state index in [2.05, 4.69) is 5.32 Å². The van der Waals surface area contributed by atoms with Crippen molar-refractivity contribution in [2.45, 2.75) is 19.8 Å². The normalized spacial score (nSPS) is 10.3. The summed E-state index contributed by atoms with van der Waals surface area (Å²) in [6, 6.07) is 8.03. The van der Waals surface area contributed by atoms with Crippen LogP contribution in [0.1, 0.15) is 30.3 Å². The molecule has 0 radical (unpaired) electrons. The van der Waals surface area contributed by atoms with E-state index in [1.54, 1.807) is 24.3 Å². The fourth-order valence-corrected chi connectivity index (χ4v) is 2.03. The zero-order chi connectivity index (χ0) is 16.1. The number of carbonyl (C=O) groups is 2. The summed E-state index contributed by atoms with van der Waals surface area (Å²) >= 11 is 0. The number of nitrogens with one attached hydrogen (secondary N) is 1. The number of aromatic carboxylic acids is 1. The zero-order valence-corrected chi connectivity index (χ0v) is 12.4. The Labute approximate surface area is 127 Å². The molecule has 2 N–H and O–H groups in total. The SMILES string of the molecule is CCCC(=O)Nc1ccc(OC)c(-c2ccc(C(=O)O)o2)c1. The Balaban J connectivity index is 2.35. The third kappa shape index (κ3) is 3.46. The van der Waals surface area contributed by atoms with Crippen LogP contribution >= 0.6 is 0 Å². The first-order valence-corrected chi connectivity index (χ1v) is 6.86.